The highest BCUT2D eigenvalue weighted by atomic mass is 16.5. The van der Waals surface area contributed by atoms with Crippen molar-refractivity contribution in [3.05, 3.63) is 107 Å². The molecule has 0 saturated heterocycles. The molecule has 0 fully saturated rings. The topological polar surface area (TPSA) is 117 Å². The van der Waals surface area contributed by atoms with Gasteiger partial charge < -0.3 is 24.6 Å². The van der Waals surface area contributed by atoms with Gasteiger partial charge in [-0.1, -0.05) is 56.3 Å². The maximum absolute atomic E-state index is 13.5. The van der Waals surface area contributed by atoms with Crippen LogP contribution in [0.1, 0.15) is 70.1 Å². The second kappa shape index (κ2) is 12.1. The van der Waals surface area contributed by atoms with Gasteiger partial charge in [-0.2, -0.15) is 0 Å². The zero-order valence-electron chi connectivity index (χ0n) is 23.4. The summed E-state index contributed by atoms with van der Waals surface area (Å²) in [5.41, 5.74) is 5.07. The summed E-state index contributed by atoms with van der Waals surface area (Å²) in [6.45, 7) is 6.26. The Hall–Kier alpha value is -4.85. The molecule has 0 spiro atoms. The summed E-state index contributed by atoms with van der Waals surface area (Å²) in [4.78, 5) is 34.3. The highest BCUT2D eigenvalue weighted by molar-refractivity contribution is 6.10. The van der Waals surface area contributed by atoms with Gasteiger partial charge in [0.25, 0.3) is 5.91 Å². The van der Waals surface area contributed by atoms with Gasteiger partial charge in [0.1, 0.15) is 5.76 Å². The summed E-state index contributed by atoms with van der Waals surface area (Å²) in [5.74, 6) is -0.123. The number of aromatic amines is 1. The number of nitrogens with zero attached hydrogens (tertiary/aromatic N) is 1. The fraction of sp³-hybridized carbons (Fsp3) is 0.242. The van der Waals surface area contributed by atoms with E-state index in [9.17, 15) is 14.7 Å². The molecule has 2 aromatic carbocycles. The largest absolute Gasteiger partial charge is 0.494 e. The molecule has 5 rings (SSSR count). The van der Waals surface area contributed by atoms with Gasteiger partial charge in [0.15, 0.2) is 5.88 Å². The van der Waals surface area contributed by atoms with Crippen LogP contribution in [0, 0.1) is 0 Å². The van der Waals surface area contributed by atoms with E-state index in [0.29, 0.717) is 57.5 Å². The van der Waals surface area contributed by atoms with E-state index in [4.69, 9.17) is 14.1 Å². The summed E-state index contributed by atoms with van der Waals surface area (Å²) in [7, 11) is 0. The van der Waals surface area contributed by atoms with Crippen molar-refractivity contribution < 1.29 is 23.8 Å². The first-order valence-corrected chi connectivity index (χ1v) is 13.8. The molecule has 0 radical (unpaired) electrons. The van der Waals surface area contributed by atoms with Crippen molar-refractivity contribution in [2.75, 3.05) is 6.61 Å². The van der Waals surface area contributed by atoms with Crippen LogP contribution in [0.2, 0.25) is 0 Å². The molecule has 8 nitrogen and oxygen atoms in total. The lowest BCUT2D eigenvalue weighted by Crippen LogP contribution is -2.22. The number of pyridine rings is 1. The van der Waals surface area contributed by atoms with E-state index in [0.717, 1.165) is 11.3 Å². The lowest BCUT2D eigenvalue weighted by atomic mass is 9.92. The first kappa shape index (κ1) is 27.7. The molecule has 8 heteroatoms. The number of furan rings is 1. The highest BCUT2D eigenvalue weighted by Crippen LogP contribution is 2.41. The molecule has 0 aliphatic rings. The molecule has 0 saturated carbocycles. The Morgan fingerprint density at radius 3 is 2.44 bits per heavy atom. The summed E-state index contributed by atoms with van der Waals surface area (Å²) >= 11 is 0. The molecular formula is C33H33N3O5. The molecule has 1 amide bonds. The van der Waals surface area contributed by atoms with E-state index < -0.39 is 5.97 Å². The van der Waals surface area contributed by atoms with Gasteiger partial charge in [-0.05, 0) is 61.1 Å². The zero-order valence-corrected chi connectivity index (χ0v) is 23.4. The number of aromatic hydroxyl groups is 1. The molecular weight excluding hydrogens is 518 g/mol. The standard InChI is InChI=1S/C33H33N3O5/c1-4-40-33(39)27-25(17-12-21-9-6-5-7-10-21)35-30-28(32(38)36-29(30)20(2)3)26(27)22-13-15-23(16-14-22)31(37)34-19-24-11-8-18-41-24/h5-11,13-16,18,20,36,38H,4,12,17,19H2,1-3H3,(H,34,37). The van der Waals surface area contributed by atoms with E-state index >= 15 is 0 Å². The predicted octanol–water partition coefficient (Wildman–Crippen LogP) is 6.54. The molecule has 3 heterocycles. The van der Waals surface area contributed by atoms with E-state index in [1.165, 1.54) is 0 Å². The number of hydrogen-bond donors (Lipinski definition) is 3. The molecule has 3 aromatic heterocycles. The number of hydrogen-bond acceptors (Lipinski definition) is 6. The summed E-state index contributed by atoms with van der Waals surface area (Å²) < 4.78 is 10.8. The van der Waals surface area contributed by atoms with Crippen LogP contribution in [0.15, 0.2) is 77.4 Å². The van der Waals surface area contributed by atoms with E-state index in [-0.39, 0.29) is 30.9 Å². The zero-order chi connectivity index (χ0) is 28.9. The van der Waals surface area contributed by atoms with Crippen LogP contribution in [0.5, 0.6) is 5.88 Å². The van der Waals surface area contributed by atoms with Crippen molar-refractivity contribution in [1.82, 2.24) is 15.3 Å². The van der Waals surface area contributed by atoms with Crippen LogP contribution < -0.4 is 5.32 Å². The SMILES string of the molecule is CCOC(=O)c1c(CCc2ccccc2)nc2c(C(C)C)[nH]c(O)c2c1-c1ccc(C(=O)NCc2ccco2)cc1. The molecule has 0 bridgehead atoms. The number of rotatable bonds is 10. The minimum Gasteiger partial charge on any atom is -0.494 e. The Balaban J connectivity index is 1.62. The molecule has 0 atom stereocenters. The Morgan fingerprint density at radius 2 is 1.78 bits per heavy atom. The third-order valence-corrected chi connectivity index (χ3v) is 7.01. The Morgan fingerprint density at radius 1 is 1.02 bits per heavy atom. The number of benzene rings is 2. The fourth-order valence-electron chi connectivity index (χ4n) is 5.00. The number of esters is 1. The highest BCUT2D eigenvalue weighted by Gasteiger charge is 2.28. The maximum atomic E-state index is 13.5. The number of H-pyrrole nitrogens is 1. The van der Waals surface area contributed by atoms with Crippen molar-refractivity contribution in [2.45, 2.75) is 46.1 Å². The quantitative estimate of drug-likeness (QED) is 0.170. The first-order valence-electron chi connectivity index (χ1n) is 13.8. The summed E-state index contributed by atoms with van der Waals surface area (Å²) in [5, 5.41) is 14.4. The minimum absolute atomic E-state index is 0.0504. The number of carbonyl (C=O) groups excluding carboxylic acids is 2. The van der Waals surface area contributed by atoms with Gasteiger partial charge >= 0.3 is 5.97 Å². The van der Waals surface area contributed by atoms with E-state index in [1.54, 1.807) is 49.6 Å². The van der Waals surface area contributed by atoms with Gasteiger partial charge in [0, 0.05) is 16.8 Å². The molecule has 0 unspecified atom stereocenters. The van der Waals surface area contributed by atoms with Crippen LogP contribution in [0.3, 0.4) is 0 Å². The van der Waals surface area contributed by atoms with Crippen LogP contribution in [0.25, 0.3) is 22.0 Å². The van der Waals surface area contributed by atoms with E-state index in [1.807, 2.05) is 44.2 Å². The van der Waals surface area contributed by atoms with Crippen molar-refractivity contribution >= 4 is 22.8 Å². The van der Waals surface area contributed by atoms with Gasteiger partial charge in [0.2, 0.25) is 0 Å². The minimum atomic E-state index is -0.507. The molecule has 3 N–H and O–H groups in total. The second-order valence-electron chi connectivity index (χ2n) is 10.1. The molecule has 41 heavy (non-hydrogen) atoms. The first-order chi connectivity index (χ1) is 19.9. The lowest BCUT2D eigenvalue weighted by molar-refractivity contribution is 0.0525. The average molecular weight is 552 g/mol. The lowest BCUT2D eigenvalue weighted by Gasteiger charge is -2.16. The average Bonchev–Trinajstić information content (AvgIpc) is 3.62. The number of amides is 1. The van der Waals surface area contributed by atoms with E-state index in [2.05, 4.69) is 10.3 Å². The third kappa shape index (κ3) is 5.87. The third-order valence-electron chi connectivity index (χ3n) is 7.01. The predicted molar refractivity (Wildman–Crippen MR) is 157 cm³/mol. The van der Waals surface area contributed by atoms with Crippen molar-refractivity contribution in [2.24, 2.45) is 0 Å². The Bertz CT molecular complexity index is 1650. The number of ether oxygens (including phenoxy) is 1. The number of nitrogens with one attached hydrogen (secondary N) is 2. The normalized spacial score (nSPS) is 11.2. The van der Waals surface area contributed by atoms with Crippen LogP contribution >= 0.6 is 0 Å². The summed E-state index contributed by atoms with van der Waals surface area (Å²) in [6, 6.07) is 20.5. The van der Waals surface area contributed by atoms with Gasteiger partial charge in [0.05, 0.1) is 41.6 Å². The smallest absolute Gasteiger partial charge is 0.340 e. The van der Waals surface area contributed by atoms with Gasteiger partial charge in [-0.25, -0.2) is 9.78 Å². The summed E-state index contributed by atoms with van der Waals surface area (Å²) in [6.07, 6.45) is 2.73. The van der Waals surface area contributed by atoms with Crippen molar-refractivity contribution in [1.29, 1.82) is 0 Å². The number of fused-ring (bicyclic) bond motifs is 1. The van der Waals surface area contributed by atoms with Gasteiger partial charge in [-0.15, -0.1) is 0 Å². The maximum Gasteiger partial charge on any atom is 0.340 e. The number of aromatic nitrogens is 2. The van der Waals surface area contributed by atoms with Crippen LogP contribution in [-0.2, 0) is 24.1 Å². The second-order valence-corrected chi connectivity index (χ2v) is 10.1. The van der Waals surface area contributed by atoms with Crippen molar-refractivity contribution in [3.8, 4) is 17.0 Å². The van der Waals surface area contributed by atoms with Crippen LogP contribution in [0.4, 0.5) is 0 Å². The fourth-order valence-corrected chi connectivity index (χ4v) is 5.00. The molecule has 5 aromatic rings. The molecule has 0 aliphatic carbocycles. The molecule has 0 aliphatic heterocycles. The van der Waals surface area contributed by atoms with Crippen molar-refractivity contribution in [3.63, 3.8) is 0 Å². The molecule has 210 valence electrons. The number of aryl methyl sites for hydroxylation is 2. The Kier molecular flexibility index (Phi) is 8.19. The van der Waals surface area contributed by atoms with Gasteiger partial charge in [-0.3, -0.25) is 4.79 Å². The monoisotopic (exact) mass is 551 g/mol. The van der Waals surface area contributed by atoms with Crippen LogP contribution in [-0.4, -0.2) is 33.6 Å². The number of carbonyl (C=O) groups is 2. The Labute approximate surface area is 238 Å².